The molecule has 1 N–H and O–H groups in total. The minimum atomic E-state index is -0.595. The highest BCUT2D eigenvalue weighted by Gasteiger charge is 2.19. The minimum absolute atomic E-state index is 0.303. The summed E-state index contributed by atoms with van der Waals surface area (Å²) in [6.07, 6.45) is 0. The molecule has 0 bridgehead atoms. The molecule has 1 saturated heterocycles. The first kappa shape index (κ1) is 7.68. The maximum absolute atomic E-state index is 10.0. The lowest BCUT2D eigenvalue weighted by Gasteiger charge is -1.93. The Morgan fingerprint density at radius 2 is 2.60 bits per heavy atom. The van der Waals surface area contributed by atoms with Crippen LogP contribution in [0.2, 0.25) is 0 Å². The zero-order chi connectivity index (χ0) is 7.56. The number of rotatable bonds is 1. The SMILES string of the molecule is O=[N+]([O-])C(Cl)=C1NCCS1. The van der Waals surface area contributed by atoms with E-state index in [0.717, 1.165) is 12.3 Å². The molecule has 1 heterocycles. The fourth-order valence-corrected chi connectivity index (χ4v) is 1.62. The Labute approximate surface area is 66.8 Å². The van der Waals surface area contributed by atoms with E-state index >= 15 is 0 Å². The van der Waals surface area contributed by atoms with E-state index in [4.69, 9.17) is 11.6 Å². The van der Waals surface area contributed by atoms with Gasteiger partial charge in [0.15, 0.2) is 5.03 Å². The molecule has 1 aliphatic heterocycles. The van der Waals surface area contributed by atoms with Gasteiger partial charge in [-0.3, -0.25) is 10.1 Å². The van der Waals surface area contributed by atoms with Crippen LogP contribution < -0.4 is 5.32 Å². The molecule has 0 unspecified atom stereocenters. The van der Waals surface area contributed by atoms with Gasteiger partial charge < -0.3 is 5.32 Å². The standard InChI is InChI=1S/C4H5ClN2O2S/c5-3(7(8)9)4-6-1-2-10-4/h6H,1-2H2. The summed E-state index contributed by atoms with van der Waals surface area (Å²) in [5.74, 6) is 0.847. The second kappa shape index (κ2) is 3.12. The van der Waals surface area contributed by atoms with Crippen molar-refractivity contribution in [3.8, 4) is 0 Å². The summed E-state index contributed by atoms with van der Waals surface area (Å²) in [7, 11) is 0. The molecule has 0 saturated carbocycles. The lowest BCUT2D eigenvalue weighted by atomic mass is 10.7. The van der Waals surface area contributed by atoms with Crippen LogP contribution in [-0.2, 0) is 0 Å². The third-order valence-electron chi connectivity index (χ3n) is 0.982. The van der Waals surface area contributed by atoms with Crippen LogP contribution in [0.5, 0.6) is 0 Å². The predicted octanol–water partition coefficient (Wildman–Crippen LogP) is 0.965. The molecule has 6 heteroatoms. The van der Waals surface area contributed by atoms with E-state index < -0.39 is 4.92 Å². The van der Waals surface area contributed by atoms with Gasteiger partial charge in [0.1, 0.15) is 0 Å². The molecule has 1 fully saturated rings. The fraction of sp³-hybridized carbons (Fsp3) is 0.500. The van der Waals surface area contributed by atoms with Crippen LogP contribution in [0.15, 0.2) is 10.2 Å². The van der Waals surface area contributed by atoms with Gasteiger partial charge in [0.2, 0.25) is 0 Å². The largest absolute Gasteiger partial charge is 0.373 e. The first-order chi connectivity index (χ1) is 4.72. The van der Waals surface area contributed by atoms with Crippen LogP contribution in [0.25, 0.3) is 0 Å². The van der Waals surface area contributed by atoms with Crippen molar-refractivity contribution in [2.45, 2.75) is 0 Å². The van der Waals surface area contributed by atoms with Gasteiger partial charge in [-0.05, 0) is 11.6 Å². The maximum Gasteiger partial charge on any atom is 0.366 e. The van der Waals surface area contributed by atoms with Crippen molar-refractivity contribution in [3.63, 3.8) is 0 Å². The van der Waals surface area contributed by atoms with Gasteiger partial charge in [-0.15, -0.1) is 0 Å². The van der Waals surface area contributed by atoms with Crippen molar-refractivity contribution in [3.05, 3.63) is 20.3 Å². The van der Waals surface area contributed by atoms with Gasteiger partial charge in [0.05, 0.1) is 4.92 Å². The Morgan fingerprint density at radius 1 is 1.90 bits per heavy atom. The molecule has 0 aliphatic carbocycles. The molecular weight excluding hydrogens is 176 g/mol. The van der Waals surface area contributed by atoms with Crippen LogP contribution in [-0.4, -0.2) is 17.2 Å². The molecule has 0 aromatic rings. The molecule has 4 nitrogen and oxygen atoms in total. The number of nitro groups is 1. The summed E-state index contributed by atoms with van der Waals surface area (Å²) in [4.78, 5) is 9.45. The van der Waals surface area contributed by atoms with Crippen molar-refractivity contribution in [1.29, 1.82) is 0 Å². The van der Waals surface area contributed by atoms with E-state index in [2.05, 4.69) is 5.32 Å². The van der Waals surface area contributed by atoms with Gasteiger partial charge in [-0.25, -0.2) is 0 Å². The molecule has 0 amide bonds. The van der Waals surface area contributed by atoms with Crippen molar-refractivity contribution < 1.29 is 4.92 Å². The topological polar surface area (TPSA) is 55.2 Å². The van der Waals surface area contributed by atoms with Crippen LogP contribution >= 0.6 is 23.4 Å². The Morgan fingerprint density at radius 3 is 3.00 bits per heavy atom. The third-order valence-corrected chi connectivity index (χ3v) is 2.46. The first-order valence-electron chi connectivity index (χ1n) is 2.62. The monoisotopic (exact) mass is 180 g/mol. The summed E-state index contributed by atoms with van der Waals surface area (Å²) in [6, 6.07) is 0. The Hall–Kier alpha value is -0.420. The number of halogens is 1. The van der Waals surface area contributed by atoms with Crippen molar-refractivity contribution in [1.82, 2.24) is 5.32 Å². The molecule has 0 atom stereocenters. The average molecular weight is 181 g/mol. The summed E-state index contributed by atoms with van der Waals surface area (Å²) < 4.78 is 0. The molecule has 10 heavy (non-hydrogen) atoms. The summed E-state index contributed by atoms with van der Waals surface area (Å²) in [5, 5.41) is 13.0. The molecule has 0 aromatic carbocycles. The molecule has 1 rings (SSSR count). The van der Waals surface area contributed by atoms with Crippen LogP contribution in [0, 0.1) is 10.1 Å². The Kier molecular flexibility index (Phi) is 2.39. The third kappa shape index (κ3) is 1.54. The van der Waals surface area contributed by atoms with E-state index in [9.17, 15) is 10.1 Å². The summed E-state index contributed by atoms with van der Waals surface area (Å²) in [5.41, 5.74) is 0. The lowest BCUT2D eigenvalue weighted by molar-refractivity contribution is -0.412. The van der Waals surface area contributed by atoms with Gasteiger partial charge >= 0.3 is 5.16 Å². The molecular formula is C4H5ClN2O2S. The second-order valence-corrected chi connectivity index (χ2v) is 3.12. The van der Waals surface area contributed by atoms with Gasteiger partial charge in [-0.2, -0.15) is 0 Å². The molecule has 1 aliphatic rings. The molecule has 0 aromatic heterocycles. The zero-order valence-corrected chi connectivity index (χ0v) is 6.54. The molecule has 0 spiro atoms. The van der Waals surface area contributed by atoms with Crippen LogP contribution in [0.3, 0.4) is 0 Å². The Bertz CT molecular complexity index is 186. The lowest BCUT2D eigenvalue weighted by Crippen LogP contribution is -2.08. The van der Waals surface area contributed by atoms with E-state index in [1.165, 1.54) is 11.8 Å². The smallest absolute Gasteiger partial charge is 0.366 e. The van der Waals surface area contributed by atoms with Gasteiger partial charge in [0.25, 0.3) is 0 Å². The fourth-order valence-electron chi connectivity index (χ4n) is 0.584. The van der Waals surface area contributed by atoms with E-state index in [1.807, 2.05) is 0 Å². The van der Waals surface area contributed by atoms with E-state index in [0.29, 0.717) is 5.03 Å². The highest BCUT2D eigenvalue weighted by Crippen LogP contribution is 2.23. The van der Waals surface area contributed by atoms with Crippen LogP contribution in [0.1, 0.15) is 0 Å². The van der Waals surface area contributed by atoms with E-state index in [-0.39, 0.29) is 5.16 Å². The zero-order valence-electron chi connectivity index (χ0n) is 4.96. The van der Waals surface area contributed by atoms with Crippen LogP contribution in [0.4, 0.5) is 0 Å². The average Bonchev–Trinajstić information content (AvgIpc) is 2.36. The first-order valence-corrected chi connectivity index (χ1v) is 3.99. The second-order valence-electron chi connectivity index (χ2n) is 1.65. The highest BCUT2D eigenvalue weighted by atomic mass is 35.5. The van der Waals surface area contributed by atoms with E-state index in [1.54, 1.807) is 0 Å². The normalized spacial score (nSPS) is 22.1. The number of nitrogens with zero attached hydrogens (tertiary/aromatic N) is 1. The number of hydrogen-bond donors (Lipinski definition) is 1. The minimum Gasteiger partial charge on any atom is -0.373 e. The van der Waals surface area contributed by atoms with Crippen molar-refractivity contribution in [2.75, 3.05) is 12.3 Å². The summed E-state index contributed by atoms with van der Waals surface area (Å²) >= 11 is 6.69. The number of nitrogens with one attached hydrogen (secondary N) is 1. The van der Waals surface area contributed by atoms with Gasteiger partial charge in [0, 0.05) is 12.3 Å². The highest BCUT2D eigenvalue weighted by molar-refractivity contribution is 8.03. The predicted molar refractivity (Wildman–Crippen MR) is 40.3 cm³/mol. The Balaban J connectivity index is 2.73. The summed E-state index contributed by atoms with van der Waals surface area (Å²) in [6.45, 7) is 0.754. The quantitative estimate of drug-likeness (QED) is 0.371. The van der Waals surface area contributed by atoms with Crippen molar-refractivity contribution >= 4 is 23.4 Å². The molecule has 56 valence electrons. The van der Waals surface area contributed by atoms with Crippen molar-refractivity contribution in [2.24, 2.45) is 0 Å². The number of thioether (sulfide) groups is 1. The van der Waals surface area contributed by atoms with Gasteiger partial charge in [-0.1, -0.05) is 11.8 Å². The maximum atomic E-state index is 10.0. The number of hydrogen-bond acceptors (Lipinski definition) is 4. The molecule has 0 radical (unpaired) electrons.